The molecule has 3 heteroatoms. The number of piperidine rings is 1. The Morgan fingerprint density at radius 3 is 2.44 bits per heavy atom. The standard InChI is InChI=1S/C15H20BrNO/c1-12-2-4-13(5-3-12)10-15(18)17-8-6-14(11-16)7-9-17/h2-5,14H,6-11H2,1H3. The third kappa shape index (κ3) is 3.58. The van der Waals surface area contributed by atoms with Gasteiger partial charge in [-0.1, -0.05) is 45.8 Å². The maximum atomic E-state index is 12.2. The van der Waals surface area contributed by atoms with Crippen molar-refractivity contribution in [3.8, 4) is 0 Å². The normalized spacial score (nSPS) is 16.9. The van der Waals surface area contributed by atoms with Crippen molar-refractivity contribution in [1.82, 2.24) is 4.90 Å². The summed E-state index contributed by atoms with van der Waals surface area (Å²) in [5.74, 6) is 1.01. The summed E-state index contributed by atoms with van der Waals surface area (Å²) in [6.45, 7) is 3.90. The first-order valence-corrected chi connectivity index (χ1v) is 7.70. The van der Waals surface area contributed by atoms with Crippen LogP contribution in [0, 0.1) is 12.8 Å². The van der Waals surface area contributed by atoms with Crippen molar-refractivity contribution < 1.29 is 4.79 Å². The minimum atomic E-state index is 0.270. The first-order valence-electron chi connectivity index (χ1n) is 6.58. The molecule has 1 aliphatic rings. The van der Waals surface area contributed by atoms with E-state index in [1.807, 2.05) is 4.90 Å². The Kier molecular flexibility index (Phi) is 4.81. The van der Waals surface area contributed by atoms with Gasteiger partial charge < -0.3 is 4.90 Å². The molecule has 0 bridgehead atoms. The van der Waals surface area contributed by atoms with E-state index >= 15 is 0 Å². The highest BCUT2D eigenvalue weighted by Crippen LogP contribution is 2.19. The fourth-order valence-electron chi connectivity index (χ4n) is 2.33. The van der Waals surface area contributed by atoms with Gasteiger partial charge in [-0.2, -0.15) is 0 Å². The highest BCUT2D eigenvalue weighted by Gasteiger charge is 2.21. The second-order valence-corrected chi connectivity index (χ2v) is 5.79. The lowest BCUT2D eigenvalue weighted by atomic mass is 9.98. The molecule has 0 aromatic heterocycles. The van der Waals surface area contributed by atoms with E-state index in [9.17, 15) is 4.79 Å². The van der Waals surface area contributed by atoms with E-state index in [0.29, 0.717) is 6.42 Å². The molecule has 0 atom stereocenters. The van der Waals surface area contributed by atoms with E-state index in [2.05, 4.69) is 47.1 Å². The number of benzene rings is 1. The number of likely N-dealkylation sites (tertiary alicyclic amines) is 1. The number of hydrogen-bond donors (Lipinski definition) is 0. The van der Waals surface area contributed by atoms with Crippen LogP contribution in [0.5, 0.6) is 0 Å². The van der Waals surface area contributed by atoms with Crippen LogP contribution in [0.1, 0.15) is 24.0 Å². The molecule has 1 fully saturated rings. The first-order chi connectivity index (χ1) is 8.69. The number of carbonyl (C=O) groups is 1. The van der Waals surface area contributed by atoms with Gasteiger partial charge in [0.25, 0.3) is 0 Å². The minimum Gasteiger partial charge on any atom is -0.342 e. The van der Waals surface area contributed by atoms with Gasteiger partial charge >= 0.3 is 0 Å². The molecule has 1 aromatic rings. The highest BCUT2D eigenvalue weighted by atomic mass is 79.9. The van der Waals surface area contributed by atoms with E-state index < -0.39 is 0 Å². The number of hydrogen-bond acceptors (Lipinski definition) is 1. The summed E-state index contributed by atoms with van der Waals surface area (Å²) in [6.07, 6.45) is 2.80. The second kappa shape index (κ2) is 6.37. The molecule has 98 valence electrons. The Morgan fingerprint density at radius 1 is 1.28 bits per heavy atom. The Labute approximate surface area is 117 Å². The molecule has 0 aliphatic carbocycles. The lowest BCUT2D eigenvalue weighted by Gasteiger charge is -2.31. The monoisotopic (exact) mass is 309 g/mol. The number of rotatable bonds is 3. The number of halogens is 1. The summed E-state index contributed by atoms with van der Waals surface area (Å²) in [5.41, 5.74) is 2.36. The molecular weight excluding hydrogens is 290 g/mol. The fraction of sp³-hybridized carbons (Fsp3) is 0.533. The summed E-state index contributed by atoms with van der Waals surface area (Å²) >= 11 is 3.52. The van der Waals surface area contributed by atoms with Crippen molar-refractivity contribution >= 4 is 21.8 Å². The van der Waals surface area contributed by atoms with Gasteiger partial charge in [0.2, 0.25) is 5.91 Å². The number of alkyl halides is 1. The van der Waals surface area contributed by atoms with Crippen LogP contribution in [0.4, 0.5) is 0 Å². The predicted molar refractivity (Wildman–Crippen MR) is 78.0 cm³/mol. The van der Waals surface area contributed by atoms with Gasteiger partial charge in [0.1, 0.15) is 0 Å². The quantitative estimate of drug-likeness (QED) is 0.785. The zero-order valence-electron chi connectivity index (χ0n) is 10.9. The molecule has 1 aromatic carbocycles. The molecule has 2 nitrogen and oxygen atoms in total. The molecule has 18 heavy (non-hydrogen) atoms. The Morgan fingerprint density at radius 2 is 1.89 bits per heavy atom. The summed E-state index contributed by atoms with van der Waals surface area (Å²) in [6, 6.07) is 8.25. The number of nitrogens with zero attached hydrogens (tertiary/aromatic N) is 1. The van der Waals surface area contributed by atoms with E-state index in [-0.39, 0.29) is 5.91 Å². The molecule has 0 radical (unpaired) electrons. The zero-order chi connectivity index (χ0) is 13.0. The van der Waals surface area contributed by atoms with Crippen molar-refractivity contribution in [2.45, 2.75) is 26.2 Å². The summed E-state index contributed by atoms with van der Waals surface area (Å²) in [5, 5.41) is 1.06. The van der Waals surface area contributed by atoms with E-state index in [0.717, 1.165) is 42.7 Å². The topological polar surface area (TPSA) is 20.3 Å². The summed E-state index contributed by atoms with van der Waals surface area (Å²) in [7, 11) is 0. The van der Waals surface area contributed by atoms with Crippen LogP contribution in [-0.2, 0) is 11.2 Å². The maximum Gasteiger partial charge on any atom is 0.226 e. The third-order valence-electron chi connectivity index (χ3n) is 3.66. The maximum absolute atomic E-state index is 12.2. The van der Waals surface area contributed by atoms with Crippen LogP contribution in [0.2, 0.25) is 0 Å². The smallest absolute Gasteiger partial charge is 0.226 e. The molecule has 1 aliphatic heterocycles. The van der Waals surface area contributed by atoms with Crippen LogP contribution in [0.15, 0.2) is 24.3 Å². The Hall–Kier alpha value is -0.830. The molecule has 2 rings (SSSR count). The Balaban J connectivity index is 1.87. The summed E-state index contributed by atoms with van der Waals surface area (Å²) in [4.78, 5) is 14.2. The number of amides is 1. The van der Waals surface area contributed by atoms with Gasteiger partial charge in [-0.3, -0.25) is 4.79 Å². The molecule has 0 N–H and O–H groups in total. The fourth-order valence-corrected chi connectivity index (χ4v) is 2.98. The minimum absolute atomic E-state index is 0.270. The largest absolute Gasteiger partial charge is 0.342 e. The average molecular weight is 310 g/mol. The van der Waals surface area contributed by atoms with Gasteiger partial charge in [0.15, 0.2) is 0 Å². The lowest BCUT2D eigenvalue weighted by molar-refractivity contribution is -0.131. The second-order valence-electron chi connectivity index (χ2n) is 5.14. The van der Waals surface area contributed by atoms with Gasteiger partial charge in [0, 0.05) is 18.4 Å². The lowest BCUT2D eigenvalue weighted by Crippen LogP contribution is -2.39. The number of carbonyl (C=O) groups excluding carboxylic acids is 1. The average Bonchev–Trinajstić information content (AvgIpc) is 2.41. The van der Waals surface area contributed by atoms with Crippen molar-refractivity contribution in [3.05, 3.63) is 35.4 Å². The summed E-state index contributed by atoms with van der Waals surface area (Å²) < 4.78 is 0. The molecule has 0 unspecified atom stereocenters. The SMILES string of the molecule is Cc1ccc(CC(=O)N2CCC(CBr)CC2)cc1. The van der Waals surface area contributed by atoms with Crippen LogP contribution in [0.25, 0.3) is 0 Å². The van der Waals surface area contributed by atoms with Gasteiger partial charge in [0.05, 0.1) is 6.42 Å². The van der Waals surface area contributed by atoms with E-state index in [1.54, 1.807) is 0 Å². The van der Waals surface area contributed by atoms with Crippen LogP contribution in [-0.4, -0.2) is 29.2 Å². The van der Waals surface area contributed by atoms with Crippen molar-refractivity contribution in [1.29, 1.82) is 0 Å². The molecule has 0 spiro atoms. The van der Waals surface area contributed by atoms with Crippen LogP contribution >= 0.6 is 15.9 Å². The molecule has 1 amide bonds. The van der Waals surface area contributed by atoms with Crippen molar-refractivity contribution in [2.75, 3.05) is 18.4 Å². The van der Waals surface area contributed by atoms with Gasteiger partial charge in [-0.25, -0.2) is 0 Å². The number of aryl methyl sites for hydroxylation is 1. The zero-order valence-corrected chi connectivity index (χ0v) is 12.4. The van der Waals surface area contributed by atoms with Crippen LogP contribution < -0.4 is 0 Å². The van der Waals surface area contributed by atoms with Gasteiger partial charge in [-0.15, -0.1) is 0 Å². The van der Waals surface area contributed by atoms with Crippen molar-refractivity contribution in [2.24, 2.45) is 5.92 Å². The van der Waals surface area contributed by atoms with Crippen LogP contribution in [0.3, 0.4) is 0 Å². The predicted octanol–water partition coefficient (Wildman–Crippen LogP) is 3.17. The molecular formula is C15H20BrNO. The molecule has 1 heterocycles. The molecule has 0 saturated carbocycles. The van der Waals surface area contributed by atoms with E-state index in [4.69, 9.17) is 0 Å². The van der Waals surface area contributed by atoms with E-state index in [1.165, 1.54) is 5.56 Å². The highest BCUT2D eigenvalue weighted by molar-refractivity contribution is 9.09. The Bertz CT molecular complexity index is 393. The van der Waals surface area contributed by atoms with Gasteiger partial charge in [-0.05, 0) is 31.2 Å². The third-order valence-corrected chi connectivity index (χ3v) is 4.58. The molecule has 1 saturated heterocycles. The first kappa shape index (κ1) is 13.6. The van der Waals surface area contributed by atoms with Crippen molar-refractivity contribution in [3.63, 3.8) is 0 Å².